The maximum atomic E-state index is 8.59. The SMILES string of the molecule is C=CC[C@H]1CC(=C)C[C@@H](/C=C(\C)CC#CCO)O1. The summed E-state index contributed by atoms with van der Waals surface area (Å²) in [5.74, 6) is 5.56. The van der Waals surface area contributed by atoms with E-state index in [1.807, 2.05) is 13.0 Å². The summed E-state index contributed by atoms with van der Waals surface area (Å²) in [4.78, 5) is 0. The molecule has 1 rings (SSSR count). The lowest BCUT2D eigenvalue weighted by Crippen LogP contribution is -2.27. The van der Waals surface area contributed by atoms with E-state index in [0.29, 0.717) is 6.42 Å². The van der Waals surface area contributed by atoms with E-state index in [1.54, 1.807) is 0 Å². The Balaban J connectivity index is 2.56. The van der Waals surface area contributed by atoms with Crippen molar-refractivity contribution >= 4 is 0 Å². The van der Waals surface area contributed by atoms with Crippen molar-refractivity contribution in [1.29, 1.82) is 0 Å². The molecular formula is C16H22O2. The highest BCUT2D eigenvalue weighted by molar-refractivity contribution is 5.16. The molecule has 0 amide bonds. The predicted octanol–water partition coefficient (Wildman–Crippen LogP) is 3.00. The number of rotatable bonds is 4. The molecule has 1 aliphatic rings. The van der Waals surface area contributed by atoms with Crippen LogP contribution in [-0.4, -0.2) is 23.9 Å². The van der Waals surface area contributed by atoms with E-state index in [2.05, 4.69) is 31.1 Å². The standard InChI is InChI=1S/C16H22O2/c1-4-7-15-11-14(3)12-16(18-15)10-13(2)8-5-6-9-17/h4,10,15-17H,1,3,7-9,11-12H2,2H3/b13-10+/t15-,16+/m0/s1. The molecule has 0 aromatic heterocycles. The molecule has 2 atom stereocenters. The minimum Gasteiger partial charge on any atom is -0.384 e. The number of aliphatic hydroxyl groups excluding tert-OH is 1. The second-order valence-electron chi connectivity index (χ2n) is 4.68. The third kappa shape index (κ3) is 5.35. The highest BCUT2D eigenvalue weighted by Crippen LogP contribution is 2.26. The second-order valence-corrected chi connectivity index (χ2v) is 4.68. The van der Waals surface area contributed by atoms with E-state index in [1.165, 1.54) is 11.1 Å². The van der Waals surface area contributed by atoms with Crippen LogP contribution >= 0.6 is 0 Å². The predicted molar refractivity (Wildman–Crippen MR) is 75.1 cm³/mol. The van der Waals surface area contributed by atoms with Crippen molar-refractivity contribution in [2.45, 2.75) is 44.8 Å². The molecule has 1 aliphatic heterocycles. The molecule has 0 spiro atoms. The summed E-state index contributed by atoms with van der Waals surface area (Å²) < 4.78 is 5.97. The zero-order valence-electron chi connectivity index (χ0n) is 11.1. The molecule has 0 aromatic rings. The molecule has 0 aliphatic carbocycles. The lowest BCUT2D eigenvalue weighted by atomic mass is 9.96. The van der Waals surface area contributed by atoms with Gasteiger partial charge in [-0.05, 0) is 26.2 Å². The zero-order valence-corrected chi connectivity index (χ0v) is 11.1. The summed E-state index contributed by atoms with van der Waals surface area (Å²) in [6.07, 6.45) is 7.69. The molecule has 0 radical (unpaired) electrons. The summed E-state index contributed by atoms with van der Waals surface area (Å²) in [5, 5.41) is 8.59. The van der Waals surface area contributed by atoms with Crippen LogP contribution in [0.15, 0.2) is 36.5 Å². The average Bonchev–Trinajstić information content (AvgIpc) is 2.28. The molecule has 0 saturated carbocycles. The summed E-state index contributed by atoms with van der Waals surface area (Å²) in [6, 6.07) is 0. The van der Waals surface area contributed by atoms with Crippen molar-refractivity contribution in [2.24, 2.45) is 0 Å². The van der Waals surface area contributed by atoms with Gasteiger partial charge in [-0.3, -0.25) is 0 Å². The molecule has 0 aromatic carbocycles. The number of hydrogen-bond acceptors (Lipinski definition) is 2. The first-order valence-electron chi connectivity index (χ1n) is 6.32. The maximum absolute atomic E-state index is 8.59. The molecule has 0 bridgehead atoms. The van der Waals surface area contributed by atoms with Crippen LogP contribution in [0.4, 0.5) is 0 Å². The topological polar surface area (TPSA) is 29.5 Å². The van der Waals surface area contributed by atoms with Gasteiger partial charge in [0.05, 0.1) is 12.2 Å². The van der Waals surface area contributed by atoms with E-state index in [4.69, 9.17) is 9.84 Å². The smallest absolute Gasteiger partial charge is 0.104 e. The lowest BCUT2D eigenvalue weighted by Gasteiger charge is -2.29. The molecule has 1 fully saturated rings. The third-order valence-electron chi connectivity index (χ3n) is 2.84. The van der Waals surface area contributed by atoms with Crippen LogP contribution in [0.2, 0.25) is 0 Å². The lowest BCUT2D eigenvalue weighted by molar-refractivity contribution is -0.00389. The fourth-order valence-electron chi connectivity index (χ4n) is 2.09. The van der Waals surface area contributed by atoms with Gasteiger partial charge in [0.1, 0.15) is 6.61 Å². The zero-order chi connectivity index (χ0) is 13.4. The van der Waals surface area contributed by atoms with Crippen LogP contribution in [0.25, 0.3) is 0 Å². The Labute approximate surface area is 110 Å². The van der Waals surface area contributed by atoms with Gasteiger partial charge in [0.2, 0.25) is 0 Å². The quantitative estimate of drug-likeness (QED) is 0.610. The Bertz CT molecular complexity index is 382. The minimum atomic E-state index is -0.0780. The fourth-order valence-corrected chi connectivity index (χ4v) is 2.09. The molecular weight excluding hydrogens is 224 g/mol. The Kier molecular flexibility index (Phi) is 6.49. The summed E-state index contributed by atoms with van der Waals surface area (Å²) in [6.45, 7) is 9.78. The number of hydrogen-bond donors (Lipinski definition) is 1. The molecule has 1 heterocycles. The molecule has 1 saturated heterocycles. The van der Waals surface area contributed by atoms with E-state index in [9.17, 15) is 0 Å². The summed E-state index contributed by atoms with van der Waals surface area (Å²) in [5.41, 5.74) is 2.41. The van der Waals surface area contributed by atoms with Crippen molar-refractivity contribution in [3.63, 3.8) is 0 Å². The largest absolute Gasteiger partial charge is 0.384 e. The van der Waals surface area contributed by atoms with Crippen molar-refractivity contribution in [3.8, 4) is 11.8 Å². The number of aliphatic hydroxyl groups is 1. The first-order chi connectivity index (χ1) is 8.65. The molecule has 2 nitrogen and oxygen atoms in total. The average molecular weight is 246 g/mol. The van der Waals surface area contributed by atoms with E-state index < -0.39 is 0 Å². The Hall–Kier alpha value is -1.30. The van der Waals surface area contributed by atoms with Gasteiger partial charge in [-0.2, -0.15) is 0 Å². The monoisotopic (exact) mass is 246 g/mol. The maximum Gasteiger partial charge on any atom is 0.104 e. The fraction of sp³-hybridized carbons (Fsp3) is 0.500. The van der Waals surface area contributed by atoms with Gasteiger partial charge in [0, 0.05) is 6.42 Å². The highest BCUT2D eigenvalue weighted by Gasteiger charge is 2.22. The van der Waals surface area contributed by atoms with Gasteiger partial charge in [0.25, 0.3) is 0 Å². The minimum absolute atomic E-state index is 0.0780. The van der Waals surface area contributed by atoms with Crippen molar-refractivity contribution < 1.29 is 9.84 Å². The highest BCUT2D eigenvalue weighted by atomic mass is 16.5. The van der Waals surface area contributed by atoms with Gasteiger partial charge in [-0.15, -0.1) is 6.58 Å². The first-order valence-corrected chi connectivity index (χ1v) is 6.32. The second kappa shape index (κ2) is 7.92. The normalized spacial score (nSPS) is 24.3. The molecule has 98 valence electrons. The van der Waals surface area contributed by atoms with Crippen molar-refractivity contribution in [2.75, 3.05) is 6.61 Å². The molecule has 1 N–H and O–H groups in total. The van der Waals surface area contributed by atoms with Crippen LogP contribution < -0.4 is 0 Å². The van der Waals surface area contributed by atoms with Gasteiger partial charge in [-0.25, -0.2) is 0 Å². The molecule has 18 heavy (non-hydrogen) atoms. The van der Waals surface area contributed by atoms with E-state index >= 15 is 0 Å². The summed E-state index contributed by atoms with van der Waals surface area (Å²) >= 11 is 0. The van der Waals surface area contributed by atoms with E-state index in [0.717, 1.165) is 19.3 Å². The van der Waals surface area contributed by atoms with Crippen LogP contribution in [0.3, 0.4) is 0 Å². The Morgan fingerprint density at radius 3 is 2.94 bits per heavy atom. The molecule has 2 heteroatoms. The van der Waals surface area contributed by atoms with Gasteiger partial charge < -0.3 is 9.84 Å². The van der Waals surface area contributed by atoms with Crippen LogP contribution in [0.1, 0.15) is 32.6 Å². The first kappa shape index (κ1) is 14.8. The third-order valence-corrected chi connectivity index (χ3v) is 2.84. The Morgan fingerprint density at radius 2 is 2.28 bits per heavy atom. The van der Waals surface area contributed by atoms with Crippen molar-refractivity contribution in [3.05, 3.63) is 36.5 Å². The van der Waals surface area contributed by atoms with Gasteiger partial charge >= 0.3 is 0 Å². The number of ether oxygens (including phenoxy) is 1. The van der Waals surface area contributed by atoms with E-state index in [-0.39, 0.29) is 18.8 Å². The van der Waals surface area contributed by atoms with Crippen LogP contribution in [0.5, 0.6) is 0 Å². The van der Waals surface area contributed by atoms with Crippen LogP contribution in [-0.2, 0) is 4.74 Å². The number of allylic oxidation sites excluding steroid dienone is 1. The van der Waals surface area contributed by atoms with Gasteiger partial charge in [0.15, 0.2) is 0 Å². The molecule has 0 unspecified atom stereocenters. The van der Waals surface area contributed by atoms with Crippen molar-refractivity contribution in [1.82, 2.24) is 0 Å². The van der Waals surface area contributed by atoms with Gasteiger partial charge in [-0.1, -0.05) is 41.7 Å². The van der Waals surface area contributed by atoms with Crippen LogP contribution in [0, 0.1) is 11.8 Å². The Morgan fingerprint density at radius 1 is 1.50 bits per heavy atom. The summed E-state index contributed by atoms with van der Waals surface area (Å²) in [7, 11) is 0.